The normalized spacial score (nSPS) is 15.2. The Morgan fingerprint density at radius 2 is 1.32 bits per heavy atom. The Morgan fingerprint density at radius 1 is 0.871 bits per heavy atom. The van der Waals surface area contributed by atoms with E-state index in [1.54, 1.807) is 0 Å². The van der Waals surface area contributed by atoms with Crippen molar-refractivity contribution in [2.24, 2.45) is 17.2 Å². The summed E-state index contributed by atoms with van der Waals surface area (Å²) in [5.41, 5.74) is 17.3. The number of aromatic nitrogens is 1. The number of aliphatic hydroxyl groups is 2. The molecule has 174 valence electrons. The summed E-state index contributed by atoms with van der Waals surface area (Å²) in [7, 11) is 0. The average molecular weight is 442 g/mol. The molecule has 1 aromatic heterocycles. The van der Waals surface area contributed by atoms with Crippen LogP contribution < -0.4 is 17.2 Å². The van der Waals surface area contributed by atoms with Crippen molar-refractivity contribution in [1.29, 1.82) is 0 Å². The smallest absolute Gasteiger partial charge is 0.323 e. The second-order valence-electron chi connectivity index (χ2n) is 6.72. The number of hydrogen-bond donors (Lipinski definition) is 9. The van der Waals surface area contributed by atoms with Crippen molar-refractivity contribution in [3.05, 3.63) is 36.0 Å². The molecule has 0 saturated heterocycles. The molecule has 0 aliphatic heterocycles. The monoisotopic (exact) mass is 442 g/mol. The molecule has 12 N–H and O–H groups in total. The van der Waals surface area contributed by atoms with E-state index < -0.39 is 48.2 Å². The number of aliphatic carboxylic acids is 3. The Balaban J connectivity index is 0.000000483. The fraction of sp³-hybridized carbons (Fsp3) is 0.421. The number of para-hydroxylation sites is 1. The second kappa shape index (κ2) is 13.3. The first kappa shape index (κ1) is 28.0. The van der Waals surface area contributed by atoms with Gasteiger partial charge in [0.05, 0.1) is 12.2 Å². The molecule has 0 radical (unpaired) electrons. The van der Waals surface area contributed by atoms with E-state index in [1.807, 2.05) is 30.5 Å². The van der Waals surface area contributed by atoms with E-state index in [1.165, 1.54) is 13.8 Å². The van der Waals surface area contributed by atoms with Crippen LogP contribution in [0.2, 0.25) is 0 Å². The molecule has 5 atom stereocenters. The van der Waals surface area contributed by atoms with E-state index >= 15 is 0 Å². The van der Waals surface area contributed by atoms with Gasteiger partial charge in [0, 0.05) is 23.5 Å². The SMILES string of the molecule is C[C@@H](O)[C@H](N)C(=O)O.C[C@@H](O)[C@H](N)C(=O)O.N[C@@H](Cc1c[nH]c2ccccc12)C(=O)O. The third kappa shape index (κ3) is 10.0. The first-order chi connectivity index (χ1) is 14.3. The molecule has 1 heterocycles. The van der Waals surface area contributed by atoms with E-state index in [9.17, 15) is 14.4 Å². The molecule has 0 aliphatic rings. The van der Waals surface area contributed by atoms with Gasteiger partial charge in [-0.15, -0.1) is 0 Å². The van der Waals surface area contributed by atoms with E-state index in [2.05, 4.69) is 4.98 Å². The number of hydrogen-bond acceptors (Lipinski definition) is 8. The zero-order valence-electron chi connectivity index (χ0n) is 17.2. The molecule has 0 saturated carbocycles. The number of H-pyrrole nitrogens is 1. The van der Waals surface area contributed by atoms with Crippen LogP contribution in [0, 0.1) is 0 Å². The Hall–Kier alpha value is -3.03. The van der Waals surface area contributed by atoms with Crippen molar-refractivity contribution >= 4 is 28.8 Å². The summed E-state index contributed by atoms with van der Waals surface area (Å²) < 4.78 is 0. The number of carboxylic acid groups (broad SMARTS) is 3. The van der Waals surface area contributed by atoms with Gasteiger partial charge in [0.15, 0.2) is 0 Å². The number of carbonyl (C=O) groups is 3. The summed E-state index contributed by atoms with van der Waals surface area (Å²) in [5.74, 6) is -3.33. The van der Waals surface area contributed by atoms with Gasteiger partial charge < -0.3 is 47.7 Å². The summed E-state index contributed by atoms with van der Waals surface area (Å²) in [6, 6.07) is 4.60. The van der Waals surface area contributed by atoms with Gasteiger partial charge in [-0.2, -0.15) is 0 Å². The Bertz CT molecular complexity index is 828. The summed E-state index contributed by atoms with van der Waals surface area (Å²) in [4.78, 5) is 33.4. The number of aromatic amines is 1. The van der Waals surface area contributed by atoms with Gasteiger partial charge in [-0.05, 0) is 25.5 Å². The van der Waals surface area contributed by atoms with Gasteiger partial charge in [-0.1, -0.05) is 18.2 Å². The van der Waals surface area contributed by atoms with Crippen molar-refractivity contribution in [2.75, 3.05) is 0 Å². The van der Waals surface area contributed by atoms with Gasteiger partial charge in [0.25, 0.3) is 0 Å². The lowest BCUT2D eigenvalue weighted by atomic mass is 10.1. The van der Waals surface area contributed by atoms with Gasteiger partial charge in [-0.25, -0.2) is 0 Å². The van der Waals surface area contributed by atoms with Crippen LogP contribution in [0.25, 0.3) is 10.9 Å². The molecule has 31 heavy (non-hydrogen) atoms. The molecule has 12 nitrogen and oxygen atoms in total. The summed E-state index contributed by atoms with van der Waals surface area (Å²) in [5, 5.41) is 42.9. The molecule has 0 spiro atoms. The third-order valence-electron chi connectivity index (χ3n) is 4.04. The van der Waals surface area contributed by atoms with Gasteiger partial charge in [-0.3, -0.25) is 14.4 Å². The highest BCUT2D eigenvalue weighted by Gasteiger charge is 2.17. The largest absolute Gasteiger partial charge is 0.480 e. The Labute approximate surface area is 178 Å². The topological polar surface area (TPSA) is 246 Å². The number of nitrogens with two attached hydrogens (primary N) is 3. The number of benzene rings is 1. The van der Waals surface area contributed by atoms with Crippen molar-refractivity contribution in [1.82, 2.24) is 4.98 Å². The summed E-state index contributed by atoms with van der Waals surface area (Å²) >= 11 is 0. The van der Waals surface area contributed by atoms with Crippen LogP contribution in [0.1, 0.15) is 19.4 Å². The number of carboxylic acids is 3. The quantitative estimate of drug-likeness (QED) is 0.243. The maximum Gasteiger partial charge on any atom is 0.323 e. The summed E-state index contributed by atoms with van der Waals surface area (Å²) in [6.07, 6.45) is 0.201. The number of rotatable bonds is 7. The minimum atomic E-state index is -1.18. The van der Waals surface area contributed by atoms with E-state index in [-0.39, 0.29) is 0 Å². The molecule has 0 unspecified atom stereocenters. The van der Waals surface area contributed by atoms with Crippen molar-refractivity contribution < 1.29 is 39.9 Å². The Kier molecular flexibility index (Phi) is 12.0. The maximum atomic E-state index is 10.6. The molecular formula is C19H30N4O8. The lowest BCUT2D eigenvalue weighted by Crippen LogP contribution is -2.39. The highest BCUT2D eigenvalue weighted by Crippen LogP contribution is 2.18. The van der Waals surface area contributed by atoms with Crippen molar-refractivity contribution in [2.45, 2.75) is 50.6 Å². The predicted octanol–water partition coefficient (Wildman–Crippen LogP) is -1.32. The van der Waals surface area contributed by atoms with Crippen LogP contribution in [0.5, 0.6) is 0 Å². The minimum Gasteiger partial charge on any atom is -0.480 e. The zero-order chi connectivity index (χ0) is 24.3. The zero-order valence-corrected chi connectivity index (χ0v) is 17.2. The molecule has 0 fully saturated rings. The number of aliphatic hydroxyl groups excluding tert-OH is 2. The fourth-order valence-corrected chi connectivity index (χ4v) is 2.04. The van der Waals surface area contributed by atoms with E-state index in [4.69, 9.17) is 42.7 Å². The van der Waals surface area contributed by atoms with Crippen LogP contribution in [0.4, 0.5) is 0 Å². The van der Waals surface area contributed by atoms with Gasteiger partial charge in [0.2, 0.25) is 0 Å². The number of fused-ring (bicyclic) bond motifs is 1. The lowest BCUT2D eigenvalue weighted by Gasteiger charge is -2.07. The first-order valence-electron chi connectivity index (χ1n) is 9.15. The molecule has 2 rings (SSSR count). The molecule has 0 bridgehead atoms. The minimum absolute atomic E-state index is 0.347. The third-order valence-corrected chi connectivity index (χ3v) is 4.04. The molecule has 1 aromatic carbocycles. The standard InChI is InChI=1S/C11H12N2O2.2C4H9NO3/c12-9(11(14)15)5-7-6-13-10-4-2-1-3-8(7)10;2*1-2(6)3(5)4(7)8/h1-4,6,9,13H,5,12H2,(H,14,15);2*2-3,6H,5H2,1H3,(H,7,8)/t9-;2*2-,3+/m011/s1. The molecule has 12 heteroatoms. The van der Waals surface area contributed by atoms with Gasteiger partial charge >= 0.3 is 17.9 Å². The number of nitrogens with one attached hydrogen (secondary N) is 1. The van der Waals surface area contributed by atoms with E-state index in [0.29, 0.717) is 6.42 Å². The summed E-state index contributed by atoms with van der Waals surface area (Å²) in [6.45, 7) is 2.66. The predicted molar refractivity (Wildman–Crippen MR) is 112 cm³/mol. The average Bonchev–Trinajstić information content (AvgIpc) is 3.10. The van der Waals surface area contributed by atoms with E-state index in [0.717, 1.165) is 16.5 Å². The molecule has 0 aliphatic carbocycles. The maximum absolute atomic E-state index is 10.6. The highest BCUT2D eigenvalue weighted by atomic mass is 16.4. The lowest BCUT2D eigenvalue weighted by molar-refractivity contribution is -0.141. The van der Waals surface area contributed by atoms with Crippen molar-refractivity contribution in [3.63, 3.8) is 0 Å². The highest BCUT2D eigenvalue weighted by molar-refractivity contribution is 5.84. The Morgan fingerprint density at radius 3 is 1.68 bits per heavy atom. The molecule has 2 aromatic rings. The fourth-order valence-electron chi connectivity index (χ4n) is 2.04. The second-order valence-corrected chi connectivity index (χ2v) is 6.72. The first-order valence-corrected chi connectivity index (χ1v) is 9.15. The van der Waals surface area contributed by atoms with Gasteiger partial charge in [0.1, 0.15) is 18.1 Å². The van der Waals surface area contributed by atoms with Crippen LogP contribution in [-0.2, 0) is 20.8 Å². The molecule has 0 amide bonds. The van der Waals surface area contributed by atoms with Crippen LogP contribution >= 0.6 is 0 Å². The van der Waals surface area contributed by atoms with Crippen LogP contribution in [0.3, 0.4) is 0 Å². The van der Waals surface area contributed by atoms with Crippen molar-refractivity contribution in [3.8, 4) is 0 Å². The van der Waals surface area contributed by atoms with Crippen LogP contribution in [0.15, 0.2) is 30.5 Å². The molecular weight excluding hydrogens is 412 g/mol. The van der Waals surface area contributed by atoms with Crippen LogP contribution in [-0.4, -0.2) is 78.8 Å².